The summed E-state index contributed by atoms with van der Waals surface area (Å²) >= 11 is 0. The number of nitro groups is 3. The first-order valence-corrected chi connectivity index (χ1v) is 14.0. The molecule has 178 valence electrons. The van der Waals surface area contributed by atoms with Crippen molar-refractivity contribution in [2.24, 2.45) is 0 Å². The fourth-order valence-electron chi connectivity index (χ4n) is 3.68. The fraction of sp³-hybridized carbons (Fsp3) is 0.167. The van der Waals surface area contributed by atoms with Gasteiger partial charge in [0.25, 0.3) is 17.1 Å². The Labute approximate surface area is 203 Å². The maximum absolute atomic E-state index is 11.2. The van der Waals surface area contributed by atoms with E-state index in [-0.39, 0.29) is 17.1 Å². The average molecular weight is 492 g/mol. The van der Waals surface area contributed by atoms with E-state index in [1.807, 2.05) is 0 Å². The van der Waals surface area contributed by atoms with Crippen molar-refractivity contribution >= 4 is 47.4 Å². The molecule has 0 fully saturated rings. The number of non-ortho nitro benzene ring substituents is 3. The normalized spacial score (nSPS) is 11.7. The van der Waals surface area contributed by atoms with Crippen LogP contribution < -0.4 is 10.9 Å². The van der Waals surface area contributed by atoms with E-state index in [9.17, 15) is 30.3 Å². The van der Waals surface area contributed by atoms with Crippen molar-refractivity contribution in [1.29, 1.82) is 0 Å². The third-order valence-corrected chi connectivity index (χ3v) is 6.73. The predicted octanol–water partition coefficient (Wildman–Crippen LogP) is 4.55. The number of nitro benzene ring substituents is 3. The molecule has 3 aromatic carbocycles. The lowest BCUT2D eigenvalue weighted by atomic mass is 9.35. The monoisotopic (exact) mass is 492 g/mol. The average Bonchev–Trinajstić information content (AvgIpc) is 2.81. The summed E-state index contributed by atoms with van der Waals surface area (Å²) in [6.45, 7) is 6.20. The van der Waals surface area contributed by atoms with Crippen molar-refractivity contribution in [2.75, 3.05) is 26.2 Å². The molecule has 0 heterocycles. The Bertz CT molecular complexity index is 1210. The zero-order valence-electron chi connectivity index (χ0n) is 19.5. The summed E-state index contributed by atoms with van der Waals surface area (Å²) in [5, 5.41) is 33.6. The van der Waals surface area contributed by atoms with Crippen molar-refractivity contribution in [3.63, 3.8) is 0 Å². The quantitative estimate of drug-likeness (QED) is 0.187. The van der Waals surface area contributed by atoms with Gasteiger partial charge in [-0.05, 0) is 17.7 Å². The highest BCUT2D eigenvalue weighted by atomic mass is 31.2. The van der Waals surface area contributed by atoms with Crippen LogP contribution in [0, 0.1) is 30.3 Å². The van der Waals surface area contributed by atoms with E-state index < -0.39 is 28.7 Å². The molecule has 0 N–H and O–H groups in total. The van der Waals surface area contributed by atoms with Crippen molar-refractivity contribution in [2.45, 2.75) is 0 Å². The van der Waals surface area contributed by atoms with E-state index in [1.165, 1.54) is 36.4 Å². The van der Waals surface area contributed by atoms with Gasteiger partial charge in [0.05, 0.1) is 20.9 Å². The van der Waals surface area contributed by atoms with E-state index in [4.69, 9.17) is 0 Å². The molecule has 11 heteroatoms. The first-order valence-electron chi connectivity index (χ1n) is 10.7. The van der Waals surface area contributed by atoms with Crippen LogP contribution in [0.25, 0.3) is 5.47 Å². The maximum Gasteiger partial charge on any atom is 0.269 e. The van der Waals surface area contributed by atoms with Gasteiger partial charge in [-0.3, -0.25) is 30.3 Å². The molecule has 3 aromatic rings. The number of rotatable bonds is 9. The topological polar surface area (TPSA) is 129 Å². The largest absolute Gasteiger partial charge is 0.269 e. The van der Waals surface area contributed by atoms with Gasteiger partial charge in [-0.15, -0.1) is 0 Å². The van der Waals surface area contributed by atoms with Crippen LogP contribution in [-0.4, -0.2) is 47.6 Å². The van der Waals surface area contributed by atoms with E-state index in [2.05, 4.69) is 26.1 Å². The highest BCUT2D eigenvalue weighted by Gasteiger charge is 2.28. The van der Waals surface area contributed by atoms with Gasteiger partial charge in [-0.1, -0.05) is 46.7 Å². The van der Waals surface area contributed by atoms with Crippen molar-refractivity contribution in [3.8, 4) is 0 Å². The van der Waals surface area contributed by atoms with Crippen molar-refractivity contribution < 1.29 is 14.8 Å². The lowest BCUT2D eigenvalue weighted by molar-refractivity contribution is -0.385. The summed E-state index contributed by atoms with van der Waals surface area (Å²) in [6, 6.07) is 18.7. The maximum atomic E-state index is 11.2. The summed E-state index contributed by atoms with van der Waals surface area (Å²) in [4.78, 5) is 32.1. The Hall–Kier alpha value is -3.91. The number of allylic oxidation sites excluding steroid dienone is 1. The van der Waals surface area contributed by atoms with Gasteiger partial charge in [-0.2, -0.15) is 0 Å². The van der Waals surface area contributed by atoms with E-state index >= 15 is 0 Å². The second-order valence-electron chi connectivity index (χ2n) is 9.07. The Morgan fingerprint density at radius 3 is 1.34 bits per heavy atom. The van der Waals surface area contributed by atoms with Crippen molar-refractivity contribution in [1.82, 2.24) is 0 Å². The molecular formula is C24H24BN3O6P+. The predicted molar refractivity (Wildman–Crippen MR) is 142 cm³/mol. The van der Waals surface area contributed by atoms with Crippen LogP contribution in [0.1, 0.15) is 5.56 Å². The van der Waals surface area contributed by atoms with Crippen LogP contribution in [0.15, 0.2) is 78.9 Å². The Morgan fingerprint density at radius 1 is 0.686 bits per heavy atom. The third kappa shape index (κ3) is 6.58. The standard InChI is InChI=1S/C24H24BN3O6P/c1-35(2,3)17-16-24(18-4-10-21(11-5-18)26(29)30)25(19-6-12-22(13-7-19)27(31)32)20-8-14-23(15-9-20)28(33)34/h4-16H,17H2,1-3H3/q+1/b24-16-. The van der Waals surface area contributed by atoms with Crippen LogP contribution >= 0.6 is 7.26 Å². The molecule has 9 nitrogen and oxygen atoms in total. The molecule has 0 saturated carbocycles. The zero-order chi connectivity index (χ0) is 25.8. The molecule has 0 bridgehead atoms. The van der Waals surface area contributed by atoms with Gasteiger partial charge in [-0.25, -0.2) is 0 Å². The Balaban J connectivity index is 2.22. The molecule has 0 aromatic heterocycles. The summed E-state index contributed by atoms with van der Waals surface area (Å²) in [5.41, 5.74) is 3.06. The molecule has 0 saturated heterocycles. The lowest BCUT2D eigenvalue weighted by Crippen LogP contribution is -2.43. The van der Waals surface area contributed by atoms with Gasteiger partial charge >= 0.3 is 0 Å². The molecule has 3 rings (SSSR count). The third-order valence-electron chi connectivity index (χ3n) is 5.46. The highest BCUT2D eigenvalue weighted by molar-refractivity contribution is 7.73. The molecule has 0 radical (unpaired) electrons. The second-order valence-corrected chi connectivity index (χ2v) is 14.0. The molecule has 0 atom stereocenters. The number of hydrogen-bond acceptors (Lipinski definition) is 6. The smallest absolute Gasteiger partial charge is 0.258 e. The minimum absolute atomic E-state index is 0.0290. The molecule has 0 unspecified atom stereocenters. The Morgan fingerprint density at radius 2 is 1.03 bits per heavy atom. The molecule has 0 aliphatic heterocycles. The van der Waals surface area contributed by atoms with Gasteiger partial charge < -0.3 is 0 Å². The van der Waals surface area contributed by atoms with E-state index in [1.54, 1.807) is 36.4 Å². The van der Waals surface area contributed by atoms with E-state index in [0.717, 1.165) is 28.1 Å². The van der Waals surface area contributed by atoms with Crippen molar-refractivity contribution in [3.05, 3.63) is 115 Å². The van der Waals surface area contributed by atoms with E-state index in [0.29, 0.717) is 0 Å². The lowest BCUT2D eigenvalue weighted by Gasteiger charge is -2.20. The zero-order valence-corrected chi connectivity index (χ0v) is 20.4. The molecule has 0 amide bonds. The molecular weight excluding hydrogens is 468 g/mol. The molecule has 0 spiro atoms. The first-order chi connectivity index (χ1) is 16.5. The number of nitrogens with zero attached hydrogens (tertiary/aromatic N) is 3. The summed E-state index contributed by atoms with van der Waals surface area (Å²) in [6.07, 6.45) is 2.91. The SMILES string of the molecule is C[P+](C)(C)C/C=C(\B(c1ccc([N+](=O)[O-])cc1)c1ccc([N+](=O)[O-])cc1)c1ccc([N+](=O)[O-])cc1. The van der Waals surface area contributed by atoms with Gasteiger partial charge in [0, 0.05) is 63.7 Å². The summed E-state index contributed by atoms with van der Waals surface area (Å²) in [5.74, 6) is 0. The van der Waals surface area contributed by atoms with Crippen LogP contribution in [0.4, 0.5) is 17.1 Å². The highest BCUT2D eigenvalue weighted by Crippen LogP contribution is 2.46. The molecule has 0 aliphatic rings. The van der Waals surface area contributed by atoms with Crippen LogP contribution in [0.5, 0.6) is 0 Å². The van der Waals surface area contributed by atoms with Gasteiger partial charge in [0.15, 0.2) is 0 Å². The number of benzene rings is 3. The Kier molecular flexibility index (Phi) is 7.76. The van der Waals surface area contributed by atoms with Gasteiger partial charge in [0.1, 0.15) is 0 Å². The molecule has 0 aliphatic carbocycles. The van der Waals surface area contributed by atoms with Crippen LogP contribution in [0.3, 0.4) is 0 Å². The second kappa shape index (κ2) is 10.6. The molecule has 35 heavy (non-hydrogen) atoms. The van der Waals surface area contributed by atoms with Crippen LogP contribution in [0.2, 0.25) is 0 Å². The summed E-state index contributed by atoms with van der Waals surface area (Å²) in [7, 11) is -1.24. The van der Waals surface area contributed by atoms with Gasteiger partial charge in [0.2, 0.25) is 6.71 Å². The number of hydrogen-bond donors (Lipinski definition) is 0. The minimum atomic E-state index is -1.24. The minimum Gasteiger partial charge on any atom is -0.258 e. The fourth-order valence-corrected chi connectivity index (χ4v) is 4.42. The summed E-state index contributed by atoms with van der Waals surface area (Å²) < 4.78 is 0. The van der Waals surface area contributed by atoms with Crippen LogP contribution in [-0.2, 0) is 0 Å². The first kappa shape index (κ1) is 25.7.